The number of hydrogen-bond acceptors (Lipinski definition) is 5. The molecule has 0 atom stereocenters. The van der Waals surface area contributed by atoms with Gasteiger partial charge in [-0.05, 0) is 34.2 Å². The molecule has 0 radical (unpaired) electrons. The van der Waals surface area contributed by atoms with Gasteiger partial charge >= 0.3 is 0 Å². The molecule has 0 aliphatic carbocycles. The summed E-state index contributed by atoms with van der Waals surface area (Å²) in [5, 5.41) is 20.9. The van der Waals surface area contributed by atoms with E-state index in [1.54, 1.807) is 0 Å². The Hall–Kier alpha value is -2.02. The van der Waals surface area contributed by atoms with Crippen molar-refractivity contribution in [1.82, 2.24) is 20.2 Å². The lowest BCUT2D eigenvalue weighted by Crippen LogP contribution is -1.97. The van der Waals surface area contributed by atoms with Crippen LogP contribution in [-0.2, 0) is 0 Å². The van der Waals surface area contributed by atoms with Gasteiger partial charge in [0.25, 0.3) is 5.69 Å². The molecular formula is C7H4ClN5O2. The standard InChI is InChI=1S/C7H4ClN5O2/c8-7-9-10-11-12(7)5-1-3-6(4-2-5)13(14)15/h1-4H. The second-order valence-corrected chi connectivity index (χ2v) is 2.97. The van der Waals surface area contributed by atoms with Crippen LogP contribution in [-0.4, -0.2) is 25.1 Å². The fourth-order valence-corrected chi connectivity index (χ4v) is 1.22. The Bertz CT molecular complexity index is 494. The van der Waals surface area contributed by atoms with Gasteiger partial charge in [-0.2, -0.15) is 4.68 Å². The Morgan fingerprint density at radius 3 is 2.47 bits per heavy atom. The smallest absolute Gasteiger partial charge is 0.258 e. The highest BCUT2D eigenvalue weighted by molar-refractivity contribution is 6.28. The zero-order valence-electron chi connectivity index (χ0n) is 7.24. The number of aromatic nitrogens is 4. The van der Waals surface area contributed by atoms with Crippen LogP contribution in [0.5, 0.6) is 0 Å². The number of non-ortho nitro benzene ring substituents is 1. The van der Waals surface area contributed by atoms with Gasteiger partial charge in [0.15, 0.2) is 0 Å². The minimum absolute atomic E-state index is 0.00273. The normalized spacial score (nSPS) is 10.2. The largest absolute Gasteiger partial charge is 0.269 e. The number of halogens is 1. The average molecular weight is 226 g/mol. The SMILES string of the molecule is O=[N+]([O-])c1ccc(-n2nnnc2Cl)cc1. The molecule has 0 aliphatic rings. The molecule has 8 heteroatoms. The van der Waals surface area contributed by atoms with Gasteiger partial charge in [0.2, 0.25) is 5.28 Å². The average Bonchev–Trinajstić information content (AvgIpc) is 2.65. The van der Waals surface area contributed by atoms with Gasteiger partial charge in [0.05, 0.1) is 10.6 Å². The fourth-order valence-electron chi connectivity index (χ4n) is 1.05. The molecule has 0 fully saturated rings. The van der Waals surface area contributed by atoms with E-state index >= 15 is 0 Å². The number of benzene rings is 1. The molecule has 15 heavy (non-hydrogen) atoms. The zero-order valence-corrected chi connectivity index (χ0v) is 8.00. The fraction of sp³-hybridized carbons (Fsp3) is 0. The molecule has 0 unspecified atom stereocenters. The molecule has 0 saturated heterocycles. The Morgan fingerprint density at radius 2 is 2.00 bits per heavy atom. The van der Waals surface area contributed by atoms with Crippen LogP contribution in [0.1, 0.15) is 0 Å². The van der Waals surface area contributed by atoms with Crippen molar-refractivity contribution in [2.75, 3.05) is 0 Å². The number of tetrazole rings is 1. The van der Waals surface area contributed by atoms with Crippen LogP contribution >= 0.6 is 11.6 Å². The number of nitro groups is 1. The van der Waals surface area contributed by atoms with E-state index in [1.165, 1.54) is 28.9 Å². The molecule has 76 valence electrons. The summed E-state index contributed by atoms with van der Waals surface area (Å²) in [6.45, 7) is 0. The molecule has 0 aliphatic heterocycles. The van der Waals surface area contributed by atoms with Gasteiger partial charge in [0.1, 0.15) is 0 Å². The Morgan fingerprint density at radius 1 is 1.33 bits per heavy atom. The number of hydrogen-bond donors (Lipinski definition) is 0. The van der Waals surface area contributed by atoms with Gasteiger partial charge < -0.3 is 0 Å². The van der Waals surface area contributed by atoms with E-state index in [9.17, 15) is 10.1 Å². The summed E-state index contributed by atoms with van der Waals surface area (Å²) in [6, 6.07) is 5.74. The van der Waals surface area contributed by atoms with Crippen molar-refractivity contribution < 1.29 is 4.92 Å². The summed E-state index contributed by atoms with van der Waals surface area (Å²) in [6.07, 6.45) is 0. The van der Waals surface area contributed by atoms with Crippen LogP contribution < -0.4 is 0 Å². The molecule has 2 rings (SSSR count). The van der Waals surface area contributed by atoms with E-state index in [2.05, 4.69) is 15.5 Å². The third-order valence-corrected chi connectivity index (χ3v) is 1.97. The highest BCUT2D eigenvalue weighted by atomic mass is 35.5. The van der Waals surface area contributed by atoms with Crippen molar-refractivity contribution in [1.29, 1.82) is 0 Å². The summed E-state index contributed by atoms with van der Waals surface area (Å²) in [5.74, 6) is 0. The lowest BCUT2D eigenvalue weighted by molar-refractivity contribution is -0.384. The van der Waals surface area contributed by atoms with Gasteiger partial charge in [-0.25, -0.2) is 0 Å². The first-order valence-corrected chi connectivity index (χ1v) is 4.25. The molecule has 0 amide bonds. The number of nitro benzene ring substituents is 1. The molecule has 0 spiro atoms. The molecule has 7 nitrogen and oxygen atoms in total. The Kier molecular flexibility index (Phi) is 2.30. The van der Waals surface area contributed by atoms with E-state index in [4.69, 9.17) is 11.6 Å². The number of rotatable bonds is 2. The van der Waals surface area contributed by atoms with Crippen molar-refractivity contribution in [3.8, 4) is 5.69 Å². The third-order valence-electron chi connectivity index (χ3n) is 1.74. The van der Waals surface area contributed by atoms with E-state index in [-0.39, 0.29) is 11.0 Å². The lowest BCUT2D eigenvalue weighted by Gasteiger charge is -1.98. The predicted octanol–water partition coefficient (Wildman–Crippen LogP) is 1.22. The zero-order chi connectivity index (χ0) is 10.8. The first-order chi connectivity index (χ1) is 7.18. The van der Waals surface area contributed by atoms with Crippen LogP contribution in [0.2, 0.25) is 5.28 Å². The number of nitrogens with zero attached hydrogens (tertiary/aromatic N) is 5. The first kappa shape index (κ1) is 9.53. The molecular weight excluding hydrogens is 222 g/mol. The quantitative estimate of drug-likeness (QED) is 0.567. The maximum absolute atomic E-state index is 10.4. The Balaban J connectivity index is 2.40. The van der Waals surface area contributed by atoms with E-state index in [1.807, 2.05) is 0 Å². The summed E-state index contributed by atoms with van der Waals surface area (Å²) >= 11 is 5.67. The predicted molar refractivity (Wildman–Crippen MR) is 50.8 cm³/mol. The summed E-state index contributed by atoms with van der Waals surface area (Å²) < 4.78 is 1.27. The van der Waals surface area contributed by atoms with Gasteiger partial charge in [-0.3, -0.25) is 10.1 Å². The summed E-state index contributed by atoms with van der Waals surface area (Å²) in [4.78, 5) is 9.92. The molecule has 1 aromatic heterocycles. The third kappa shape index (κ3) is 1.77. The topological polar surface area (TPSA) is 86.7 Å². The lowest BCUT2D eigenvalue weighted by atomic mass is 10.3. The summed E-state index contributed by atoms with van der Waals surface area (Å²) in [7, 11) is 0. The molecule has 0 bridgehead atoms. The van der Waals surface area contributed by atoms with Gasteiger partial charge in [-0.15, -0.1) is 0 Å². The first-order valence-electron chi connectivity index (χ1n) is 3.87. The second-order valence-electron chi connectivity index (χ2n) is 2.63. The van der Waals surface area contributed by atoms with Crippen molar-refractivity contribution in [2.45, 2.75) is 0 Å². The van der Waals surface area contributed by atoms with Crippen LogP contribution in [0.25, 0.3) is 5.69 Å². The van der Waals surface area contributed by atoms with Crippen molar-refractivity contribution >= 4 is 17.3 Å². The highest BCUT2D eigenvalue weighted by Gasteiger charge is 2.08. The van der Waals surface area contributed by atoms with Gasteiger partial charge in [-0.1, -0.05) is 5.10 Å². The van der Waals surface area contributed by atoms with Crippen LogP contribution in [0.3, 0.4) is 0 Å². The second kappa shape index (κ2) is 3.62. The van der Waals surface area contributed by atoms with E-state index in [0.29, 0.717) is 5.69 Å². The monoisotopic (exact) mass is 225 g/mol. The van der Waals surface area contributed by atoms with Gasteiger partial charge in [0, 0.05) is 12.1 Å². The summed E-state index contributed by atoms with van der Waals surface area (Å²) in [5.41, 5.74) is 0.568. The molecule has 0 saturated carbocycles. The minimum atomic E-state index is -0.481. The van der Waals surface area contributed by atoms with Crippen molar-refractivity contribution in [3.63, 3.8) is 0 Å². The van der Waals surface area contributed by atoms with Crippen molar-refractivity contribution in [2.24, 2.45) is 0 Å². The minimum Gasteiger partial charge on any atom is -0.258 e. The maximum atomic E-state index is 10.4. The van der Waals surface area contributed by atoms with Crippen molar-refractivity contribution in [3.05, 3.63) is 39.7 Å². The molecule has 0 N–H and O–H groups in total. The van der Waals surface area contributed by atoms with Crippen LogP contribution in [0.4, 0.5) is 5.69 Å². The molecule has 1 aromatic carbocycles. The highest BCUT2D eigenvalue weighted by Crippen LogP contribution is 2.16. The van der Waals surface area contributed by atoms with Crippen LogP contribution in [0, 0.1) is 10.1 Å². The molecule has 2 aromatic rings. The van der Waals surface area contributed by atoms with Crippen LogP contribution in [0.15, 0.2) is 24.3 Å². The maximum Gasteiger partial charge on any atom is 0.269 e. The van der Waals surface area contributed by atoms with E-state index < -0.39 is 4.92 Å². The molecule has 1 heterocycles. The van der Waals surface area contributed by atoms with E-state index in [0.717, 1.165) is 0 Å². The Labute approximate surface area is 88.4 Å².